The van der Waals surface area contributed by atoms with Crippen LogP contribution in [-0.2, 0) is 9.59 Å². The van der Waals surface area contributed by atoms with Crippen LogP contribution in [0.25, 0.3) is 0 Å². The molecule has 1 aromatic heterocycles. The Hall–Kier alpha value is -2.19. The van der Waals surface area contributed by atoms with Gasteiger partial charge >= 0.3 is 11.9 Å². The first-order chi connectivity index (χ1) is 9.25. The molecule has 8 heteroatoms. The number of carboxylic acids is 2. The number of aromatic nitrogens is 1. The Kier molecular flexibility index (Phi) is 5.00. The van der Waals surface area contributed by atoms with Crippen LogP contribution in [0.1, 0.15) is 22.9 Å². The van der Waals surface area contributed by atoms with Gasteiger partial charge in [-0.2, -0.15) is 0 Å². The molecule has 0 aliphatic rings. The summed E-state index contributed by atoms with van der Waals surface area (Å²) in [6.45, 7) is 2.70. The molecule has 0 unspecified atom stereocenters. The topological polar surface area (TPSA) is 146 Å². The van der Waals surface area contributed by atoms with Crippen LogP contribution < -0.4 is 11.1 Å². The van der Waals surface area contributed by atoms with Crippen LogP contribution >= 0.6 is 0 Å². The number of carbonyl (C=O) groups is 2. The highest BCUT2D eigenvalue weighted by atomic mass is 16.4. The highest BCUT2D eigenvalue weighted by Crippen LogP contribution is 2.30. The van der Waals surface area contributed by atoms with Crippen LogP contribution in [0.2, 0.25) is 0 Å². The van der Waals surface area contributed by atoms with E-state index < -0.39 is 30.6 Å². The van der Waals surface area contributed by atoms with Crippen molar-refractivity contribution in [1.82, 2.24) is 10.3 Å². The van der Waals surface area contributed by atoms with Crippen LogP contribution in [0.3, 0.4) is 0 Å². The number of aromatic hydroxyl groups is 1. The molecule has 0 amide bonds. The van der Waals surface area contributed by atoms with Gasteiger partial charge in [0.1, 0.15) is 11.8 Å². The summed E-state index contributed by atoms with van der Waals surface area (Å²) in [6, 6.07) is -2.44. The zero-order valence-electron chi connectivity index (χ0n) is 11.1. The standard InChI is InChI=1S/C12H17N3O5/c1-5-3-14-6(2)11(18)8(5)10(9(13)12(19)20)15-4-7(16)17/h3,9-10,15,18H,4,13H2,1-2H3,(H,16,17)(H,19,20)/t9-,10-/m1/s1. The summed E-state index contributed by atoms with van der Waals surface area (Å²) in [5.41, 5.74) is 6.66. The lowest BCUT2D eigenvalue weighted by Crippen LogP contribution is -2.45. The molecule has 6 N–H and O–H groups in total. The van der Waals surface area contributed by atoms with Crippen molar-refractivity contribution < 1.29 is 24.9 Å². The maximum Gasteiger partial charge on any atom is 0.322 e. The van der Waals surface area contributed by atoms with Crippen molar-refractivity contribution in [2.75, 3.05) is 6.54 Å². The molecule has 8 nitrogen and oxygen atoms in total. The number of hydrogen-bond acceptors (Lipinski definition) is 6. The fourth-order valence-corrected chi connectivity index (χ4v) is 1.85. The van der Waals surface area contributed by atoms with Crippen LogP contribution in [0.4, 0.5) is 0 Å². The van der Waals surface area contributed by atoms with Gasteiger partial charge in [0.2, 0.25) is 0 Å². The van der Waals surface area contributed by atoms with Crippen molar-refractivity contribution in [2.24, 2.45) is 5.73 Å². The van der Waals surface area contributed by atoms with E-state index in [0.717, 1.165) is 0 Å². The average molecular weight is 283 g/mol. The number of carboxylic acid groups (broad SMARTS) is 2. The number of pyridine rings is 1. The molecular weight excluding hydrogens is 266 g/mol. The van der Waals surface area contributed by atoms with E-state index in [2.05, 4.69) is 10.3 Å². The van der Waals surface area contributed by atoms with E-state index in [4.69, 9.17) is 15.9 Å². The van der Waals surface area contributed by atoms with Gasteiger partial charge in [0.25, 0.3) is 0 Å². The third-order valence-corrected chi connectivity index (χ3v) is 2.90. The molecule has 1 aromatic rings. The number of hydrogen-bond donors (Lipinski definition) is 5. The zero-order valence-corrected chi connectivity index (χ0v) is 11.1. The maximum atomic E-state index is 11.1. The molecule has 0 radical (unpaired) electrons. The van der Waals surface area contributed by atoms with Crippen molar-refractivity contribution in [3.63, 3.8) is 0 Å². The molecule has 20 heavy (non-hydrogen) atoms. The number of nitrogens with two attached hydrogens (primary N) is 1. The summed E-state index contributed by atoms with van der Waals surface area (Å²) in [4.78, 5) is 25.6. The van der Waals surface area contributed by atoms with Gasteiger partial charge < -0.3 is 21.1 Å². The number of nitrogens with zero attached hydrogens (tertiary/aromatic N) is 1. The number of aryl methyl sites for hydroxylation is 2. The summed E-state index contributed by atoms with van der Waals surface area (Å²) in [5.74, 6) is -2.65. The van der Waals surface area contributed by atoms with Gasteiger partial charge in [0.05, 0.1) is 18.3 Å². The van der Waals surface area contributed by atoms with E-state index in [1.807, 2.05) is 0 Å². The number of rotatable bonds is 6. The Bertz CT molecular complexity index is 532. The van der Waals surface area contributed by atoms with Gasteiger partial charge in [-0.3, -0.25) is 19.9 Å². The van der Waals surface area contributed by atoms with Gasteiger partial charge in [-0.05, 0) is 19.4 Å². The molecule has 2 atom stereocenters. The van der Waals surface area contributed by atoms with Crippen molar-refractivity contribution in [3.05, 3.63) is 23.0 Å². The minimum atomic E-state index is -1.40. The molecule has 0 bridgehead atoms. The molecule has 0 aliphatic heterocycles. The second kappa shape index (κ2) is 6.31. The van der Waals surface area contributed by atoms with E-state index in [-0.39, 0.29) is 11.3 Å². The SMILES string of the molecule is Cc1cnc(C)c(O)c1[C@@H](NCC(=O)O)[C@@H](N)C(=O)O. The molecule has 1 rings (SSSR count). The van der Waals surface area contributed by atoms with Crippen molar-refractivity contribution in [3.8, 4) is 5.75 Å². The van der Waals surface area contributed by atoms with Crippen LogP contribution in [0, 0.1) is 13.8 Å². The Morgan fingerprint density at radius 3 is 2.50 bits per heavy atom. The van der Waals surface area contributed by atoms with Gasteiger partial charge in [0.15, 0.2) is 0 Å². The van der Waals surface area contributed by atoms with Gasteiger partial charge in [0, 0.05) is 11.8 Å². The molecule has 0 spiro atoms. The lowest BCUT2D eigenvalue weighted by molar-refractivity contribution is -0.140. The molecule has 0 fully saturated rings. The normalized spacial score (nSPS) is 13.8. The third-order valence-electron chi connectivity index (χ3n) is 2.90. The molecule has 1 heterocycles. The summed E-state index contributed by atoms with van der Waals surface area (Å²) in [6.07, 6.45) is 1.47. The third kappa shape index (κ3) is 3.43. The minimum absolute atomic E-state index is 0.190. The van der Waals surface area contributed by atoms with Crippen molar-refractivity contribution >= 4 is 11.9 Å². The first-order valence-electron chi connectivity index (χ1n) is 5.84. The number of nitrogens with one attached hydrogen (secondary N) is 1. The first kappa shape index (κ1) is 15.9. The lowest BCUT2D eigenvalue weighted by Gasteiger charge is -2.24. The molecule has 0 saturated carbocycles. The smallest absolute Gasteiger partial charge is 0.322 e. The molecule has 0 aromatic carbocycles. The predicted octanol–water partition coefficient (Wildman–Crippen LogP) is -0.469. The van der Waals surface area contributed by atoms with Crippen LogP contribution in [-0.4, -0.2) is 44.8 Å². The van der Waals surface area contributed by atoms with Crippen molar-refractivity contribution in [2.45, 2.75) is 25.9 Å². The Balaban J connectivity index is 3.26. The molecule has 0 aliphatic carbocycles. The monoisotopic (exact) mass is 283 g/mol. The fraction of sp³-hybridized carbons (Fsp3) is 0.417. The van der Waals surface area contributed by atoms with Gasteiger partial charge in [-0.15, -0.1) is 0 Å². The largest absolute Gasteiger partial charge is 0.506 e. The van der Waals surface area contributed by atoms with Gasteiger partial charge in [-0.25, -0.2) is 0 Å². The summed E-state index contributed by atoms with van der Waals surface area (Å²) in [7, 11) is 0. The van der Waals surface area contributed by atoms with E-state index in [1.54, 1.807) is 13.8 Å². The second-order valence-corrected chi connectivity index (χ2v) is 4.41. The Labute approximate surface area is 115 Å². The second-order valence-electron chi connectivity index (χ2n) is 4.41. The predicted molar refractivity (Wildman–Crippen MR) is 69.4 cm³/mol. The fourth-order valence-electron chi connectivity index (χ4n) is 1.85. The Morgan fingerprint density at radius 1 is 1.40 bits per heavy atom. The number of aliphatic carboxylic acids is 2. The van der Waals surface area contributed by atoms with Crippen LogP contribution in [0.15, 0.2) is 6.20 Å². The van der Waals surface area contributed by atoms with Crippen molar-refractivity contribution in [1.29, 1.82) is 0 Å². The van der Waals surface area contributed by atoms with E-state index in [0.29, 0.717) is 11.3 Å². The van der Waals surface area contributed by atoms with Crippen LogP contribution in [0.5, 0.6) is 5.75 Å². The molecular formula is C12H17N3O5. The van der Waals surface area contributed by atoms with Gasteiger partial charge in [-0.1, -0.05) is 0 Å². The van der Waals surface area contributed by atoms with E-state index in [1.165, 1.54) is 6.20 Å². The summed E-state index contributed by atoms with van der Waals surface area (Å²) >= 11 is 0. The van der Waals surface area contributed by atoms with E-state index in [9.17, 15) is 14.7 Å². The first-order valence-corrected chi connectivity index (χ1v) is 5.84. The highest BCUT2D eigenvalue weighted by Gasteiger charge is 2.30. The molecule has 0 saturated heterocycles. The average Bonchev–Trinajstić information content (AvgIpc) is 2.36. The molecule has 110 valence electrons. The van der Waals surface area contributed by atoms with E-state index >= 15 is 0 Å². The lowest BCUT2D eigenvalue weighted by atomic mass is 9.95. The zero-order chi connectivity index (χ0) is 15.4. The summed E-state index contributed by atoms with van der Waals surface area (Å²) < 4.78 is 0. The quantitative estimate of drug-likeness (QED) is 0.471. The maximum absolute atomic E-state index is 11.1. The minimum Gasteiger partial charge on any atom is -0.506 e. The highest BCUT2D eigenvalue weighted by molar-refractivity contribution is 5.75. The summed E-state index contributed by atoms with van der Waals surface area (Å²) in [5, 5.41) is 30.3. The Morgan fingerprint density at radius 2 is 2.00 bits per heavy atom.